The van der Waals surface area contributed by atoms with Gasteiger partial charge in [-0.15, -0.1) is 24.0 Å². The Morgan fingerprint density at radius 2 is 1.79 bits per heavy atom. The van der Waals surface area contributed by atoms with Gasteiger partial charge in [-0.05, 0) is 12.1 Å². The third-order valence-electron chi connectivity index (χ3n) is 4.73. The van der Waals surface area contributed by atoms with Crippen LogP contribution in [0, 0.1) is 0 Å². The summed E-state index contributed by atoms with van der Waals surface area (Å²) in [6.45, 7) is 8.31. The molecule has 0 bridgehead atoms. The Labute approximate surface area is 191 Å². The number of anilines is 1. The normalized spacial score (nSPS) is 15.5. The molecular formula is C18H31ClIN5O2S. The fraction of sp³-hybridized carbons (Fsp3) is 0.611. The molecule has 0 saturated carbocycles. The van der Waals surface area contributed by atoms with Crippen molar-refractivity contribution in [1.82, 2.24) is 14.5 Å². The average molecular weight is 544 g/mol. The van der Waals surface area contributed by atoms with Crippen LogP contribution in [0.25, 0.3) is 0 Å². The highest BCUT2D eigenvalue weighted by Crippen LogP contribution is 2.25. The Morgan fingerprint density at radius 1 is 1.18 bits per heavy atom. The standard InChI is InChI=1S/C18H30ClN5O2S.HI/c1-4-24(5-2)27(25,26)15-10-21-18(20-3)23-13-11-22(12-14-23)17-9-7-6-8-16(17)19;/h6-9H,4-5,10-15H2,1-3H3,(H,20,21);1H. The maximum Gasteiger partial charge on any atom is 0.215 e. The molecule has 0 spiro atoms. The molecule has 0 aromatic heterocycles. The zero-order valence-corrected chi connectivity index (χ0v) is 20.7. The second kappa shape index (κ2) is 12.0. The second-order valence-corrected chi connectivity index (χ2v) is 8.80. The van der Waals surface area contributed by atoms with Crippen LogP contribution in [0.2, 0.25) is 5.02 Å². The number of hydrogen-bond acceptors (Lipinski definition) is 4. The van der Waals surface area contributed by atoms with E-state index in [9.17, 15) is 8.42 Å². The SMILES string of the molecule is CCN(CC)S(=O)(=O)CCNC(=NC)N1CCN(c2ccccc2Cl)CC1.I. The summed E-state index contributed by atoms with van der Waals surface area (Å²) in [7, 11) is -1.51. The van der Waals surface area contributed by atoms with E-state index in [4.69, 9.17) is 11.6 Å². The number of hydrogen-bond donors (Lipinski definition) is 1. The van der Waals surface area contributed by atoms with Gasteiger partial charge in [0.25, 0.3) is 0 Å². The van der Waals surface area contributed by atoms with Crippen molar-refractivity contribution >= 4 is 57.2 Å². The molecule has 1 aromatic carbocycles. The van der Waals surface area contributed by atoms with E-state index in [2.05, 4.69) is 20.1 Å². The molecule has 0 radical (unpaired) electrons. The van der Waals surface area contributed by atoms with Crippen LogP contribution in [0.1, 0.15) is 13.8 Å². The summed E-state index contributed by atoms with van der Waals surface area (Å²) in [6.07, 6.45) is 0. The molecule has 1 aliphatic rings. The van der Waals surface area contributed by atoms with E-state index in [1.807, 2.05) is 38.1 Å². The lowest BCUT2D eigenvalue weighted by Crippen LogP contribution is -2.53. The molecule has 0 atom stereocenters. The van der Waals surface area contributed by atoms with Crippen molar-refractivity contribution in [2.24, 2.45) is 4.99 Å². The van der Waals surface area contributed by atoms with Gasteiger partial charge < -0.3 is 15.1 Å². The van der Waals surface area contributed by atoms with Crippen molar-refractivity contribution in [1.29, 1.82) is 0 Å². The number of benzene rings is 1. The first kappa shape index (κ1) is 25.3. The van der Waals surface area contributed by atoms with E-state index in [1.54, 1.807) is 7.05 Å². The van der Waals surface area contributed by atoms with Crippen LogP contribution in [0.15, 0.2) is 29.3 Å². The van der Waals surface area contributed by atoms with Crippen LogP contribution >= 0.6 is 35.6 Å². The van der Waals surface area contributed by atoms with Crippen LogP contribution in [-0.2, 0) is 10.0 Å². The van der Waals surface area contributed by atoms with E-state index < -0.39 is 10.0 Å². The number of nitrogens with zero attached hydrogens (tertiary/aromatic N) is 4. The molecule has 0 aliphatic carbocycles. The van der Waals surface area contributed by atoms with Crippen LogP contribution in [0.5, 0.6) is 0 Å². The maximum atomic E-state index is 12.3. The minimum atomic E-state index is -3.23. The summed E-state index contributed by atoms with van der Waals surface area (Å²) in [5.41, 5.74) is 1.05. The fourth-order valence-electron chi connectivity index (χ4n) is 3.24. The summed E-state index contributed by atoms with van der Waals surface area (Å²) in [5, 5.41) is 3.95. The molecule has 0 unspecified atom stereocenters. The first-order chi connectivity index (χ1) is 12.9. The molecule has 1 aliphatic heterocycles. The van der Waals surface area contributed by atoms with Gasteiger partial charge in [0, 0.05) is 52.9 Å². The van der Waals surface area contributed by atoms with Gasteiger partial charge in [0.1, 0.15) is 0 Å². The molecule has 1 heterocycles. The number of halogens is 2. The molecule has 0 amide bonds. The summed E-state index contributed by atoms with van der Waals surface area (Å²) in [5.74, 6) is 0.802. The predicted molar refractivity (Wildman–Crippen MR) is 129 cm³/mol. The lowest BCUT2D eigenvalue weighted by molar-refractivity contribution is 0.373. The first-order valence-corrected chi connectivity index (χ1v) is 11.3. The van der Waals surface area contributed by atoms with Gasteiger partial charge in [0.05, 0.1) is 16.5 Å². The van der Waals surface area contributed by atoms with Crippen molar-refractivity contribution in [2.75, 3.05) is 63.5 Å². The Morgan fingerprint density at radius 3 is 2.32 bits per heavy atom. The lowest BCUT2D eigenvalue weighted by atomic mass is 10.2. The van der Waals surface area contributed by atoms with Crippen molar-refractivity contribution in [3.63, 3.8) is 0 Å². The predicted octanol–water partition coefficient (Wildman–Crippen LogP) is 2.33. The molecule has 160 valence electrons. The molecule has 2 rings (SSSR count). The van der Waals surface area contributed by atoms with Gasteiger partial charge >= 0.3 is 0 Å². The van der Waals surface area contributed by atoms with Gasteiger partial charge in [-0.3, -0.25) is 4.99 Å². The highest BCUT2D eigenvalue weighted by Gasteiger charge is 2.22. The van der Waals surface area contributed by atoms with Crippen LogP contribution in [0.3, 0.4) is 0 Å². The van der Waals surface area contributed by atoms with Crippen molar-refractivity contribution in [2.45, 2.75) is 13.8 Å². The van der Waals surface area contributed by atoms with Crippen LogP contribution in [0.4, 0.5) is 5.69 Å². The summed E-state index contributed by atoms with van der Waals surface area (Å²) < 4.78 is 26.1. The smallest absolute Gasteiger partial charge is 0.215 e. The third kappa shape index (κ3) is 6.64. The maximum absolute atomic E-state index is 12.3. The summed E-state index contributed by atoms with van der Waals surface area (Å²) >= 11 is 6.29. The van der Waals surface area contributed by atoms with E-state index >= 15 is 0 Å². The topological polar surface area (TPSA) is 68.2 Å². The van der Waals surface area contributed by atoms with Gasteiger partial charge in [-0.2, -0.15) is 0 Å². The van der Waals surface area contributed by atoms with Crippen molar-refractivity contribution in [3.8, 4) is 0 Å². The molecule has 1 N–H and O–H groups in total. The van der Waals surface area contributed by atoms with Crippen LogP contribution in [-0.4, -0.2) is 82.2 Å². The van der Waals surface area contributed by atoms with Gasteiger partial charge in [0.2, 0.25) is 10.0 Å². The summed E-state index contributed by atoms with van der Waals surface area (Å²) in [6, 6.07) is 7.85. The highest BCUT2D eigenvalue weighted by atomic mass is 127. The largest absolute Gasteiger partial charge is 0.367 e. The molecule has 1 fully saturated rings. The van der Waals surface area contributed by atoms with E-state index in [-0.39, 0.29) is 29.7 Å². The first-order valence-electron chi connectivity index (χ1n) is 9.35. The zero-order valence-electron chi connectivity index (χ0n) is 16.8. The second-order valence-electron chi connectivity index (χ2n) is 6.30. The van der Waals surface area contributed by atoms with E-state index in [1.165, 1.54) is 4.31 Å². The highest BCUT2D eigenvalue weighted by molar-refractivity contribution is 14.0. The number of piperazine rings is 1. The Kier molecular flexibility index (Phi) is 10.9. The Bertz CT molecular complexity index is 735. The summed E-state index contributed by atoms with van der Waals surface area (Å²) in [4.78, 5) is 8.72. The zero-order chi connectivity index (χ0) is 19.9. The molecule has 1 aromatic rings. The van der Waals surface area contributed by atoms with Gasteiger partial charge in [-0.25, -0.2) is 12.7 Å². The van der Waals surface area contributed by atoms with Crippen molar-refractivity contribution in [3.05, 3.63) is 29.3 Å². The Hall–Kier alpha value is -0.780. The number of sulfonamides is 1. The number of guanidine groups is 1. The number of rotatable bonds is 7. The third-order valence-corrected chi connectivity index (χ3v) is 7.07. The van der Waals surface area contributed by atoms with Crippen molar-refractivity contribution < 1.29 is 8.42 Å². The molecule has 1 saturated heterocycles. The molecule has 10 heteroatoms. The lowest BCUT2D eigenvalue weighted by Gasteiger charge is -2.38. The number of para-hydroxylation sites is 1. The fourth-order valence-corrected chi connectivity index (χ4v) is 4.90. The van der Waals surface area contributed by atoms with E-state index in [0.29, 0.717) is 19.6 Å². The minimum Gasteiger partial charge on any atom is -0.367 e. The Balaban J connectivity index is 0.00000392. The van der Waals surface area contributed by atoms with Crippen LogP contribution < -0.4 is 10.2 Å². The quantitative estimate of drug-likeness (QED) is 0.325. The molecule has 28 heavy (non-hydrogen) atoms. The molecular weight excluding hydrogens is 513 g/mol. The minimum absolute atomic E-state index is 0. The number of nitrogens with one attached hydrogen (secondary N) is 1. The van der Waals surface area contributed by atoms with Gasteiger partial charge in [0.15, 0.2) is 5.96 Å². The van der Waals surface area contributed by atoms with E-state index in [0.717, 1.165) is 42.8 Å². The number of aliphatic imine (C=N–C) groups is 1. The monoisotopic (exact) mass is 543 g/mol. The average Bonchev–Trinajstić information content (AvgIpc) is 2.67. The molecule has 7 nitrogen and oxygen atoms in total. The van der Waals surface area contributed by atoms with Gasteiger partial charge in [-0.1, -0.05) is 37.6 Å².